The second kappa shape index (κ2) is 3.86. The maximum Gasteiger partial charge on any atom is 0.0455 e. The van der Waals surface area contributed by atoms with Gasteiger partial charge in [0.15, 0.2) is 0 Å². The Morgan fingerprint density at radius 2 is 1.60 bits per heavy atom. The molecule has 0 amide bonds. The maximum atomic E-state index is 3.56. The van der Waals surface area contributed by atoms with E-state index in [-0.39, 0.29) is 0 Å². The number of benzene rings is 1. The zero-order valence-corrected chi connectivity index (χ0v) is 10.8. The first-order valence-electron chi connectivity index (χ1n) is 5.01. The molecule has 0 saturated heterocycles. The van der Waals surface area contributed by atoms with Gasteiger partial charge in [0.1, 0.15) is 0 Å². The molecule has 2 heteroatoms. The van der Waals surface area contributed by atoms with Gasteiger partial charge in [-0.1, -0.05) is 17.7 Å². The van der Waals surface area contributed by atoms with Crippen molar-refractivity contribution in [1.82, 2.24) is 4.57 Å². The Morgan fingerprint density at radius 3 is 2.07 bits per heavy atom. The van der Waals surface area contributed by atoms with Crippen LogP contribution in [0.2, 0.25) is 0 Å². The van der Waals surface area contributed by atoms with Crippen LogP contribution >= 0.6 is 15.9 Å². The summed E-state index contributed by atoms with van der Waals surface area (Å²) in [6.07, 6.45) is 0. The highest BCUT2D eigenvalue weighted by molar-refractivity contribution is 9.10. The van der Waals surface area contributed by atoms with E-state index in [1.165, 1.54) is 27.1 Å². The molecule has 0 saturated carbocycles. The molecule has 2 aromatic rings. The summed E-state index contributed by atoms with van der Waals surface area (Å²) in [5, 5.41) is 0. The molecule has 0 aliphatic rings. The van der Waals surface area contributed by atoms with Crippen molar-refractivity contribution in [3.63, 3.8) is 0 Å². The predicted molar refractivity (Wildman–Crippen MR) is 67.7 cm³/mol. The van der Waals surface area contributed by atoms with Crippen LogP contribution in [0.3, 0.4) is 0 Å². The highest BCUT2D eigenvalue weighted by atomic mass is 79.9. The van der Waals surface area contributed by atoms with Crippen molar-refractivity contribution in [3.05, 3.63) is 51.8 Å². The lowest BCUT2D eigenvalue weighted by Crippen LogP contribution is -1.98. The van der Waals surface area contributed by atoms with Gasteiger partial charge >= 0.3 is 0 Å². The van der Waals surface area contributed by atoms with E-state index < -0.39 is 0 Å². The summed E-state index contributed by atoms with van der Waals surface area (Å²) in [5.41, 5.74) is 5.01. The number of rotatable bonds is 1. The van der Waals surface area contributed by atoms with Crippen LogP contribution in [0.4, 0.5) is 0 Å². The maximum absolute atomic E-state index is 3.56. The minimum atomic E-state index is 1.17. The van der Waals surface area contributed by atoms with Crippen molar-refractivity contribution in [3.8, 4) is 5.69 Å². The van der Waals surface area contributed by atoms with Crippen LogP contribution in [0.25, 0.3) is 5.69 Å². The van der Waals surface area contributed by atoms with Crippen LogP contribution < -0.4 is 0 Å². The van der Waals surface area contributed by atoms with Crippen molar-refractivity contribution in [2.45, 2.75) is 20.8 Å². The van der Waals surface area contributed by atoms with Gasteiger partial charge < -0.3 is 4.57 Å². The minimum absolute atomic E-state index is 1.17. The Balaban J connectivity index is 2.58. The molecule has 1 heterocycles. The summed E-state index contributed by atoms with van der Waals surface area (Å²) in [4.78, 5) is 0. The van der Waals surface area contributed by atoms with Crippen LogP contribution in [-0.2, 0) is 0 Å². The van der Waals surface area contributed by atoms with Gasteiger partial charge in [-0.2, -0.15) is 0 Å². The first-order valence-corrected chi connectivity index (χ1v) is 5.80. The van der Waals surface area contributed by atoms with E-state index in [0.29, 0.717) is 0 Å². The third-order valence-electron chi connectivity index (χ3n) is 2.66. The SMILES string of the molecule is Cc1ccc(-n2c(C)cc(Br)c2C)cc1. The molecule has 0 aliphatic heterocycles. The normalized spacial score (nSPS) is 10.7. The van der Waals surface area contributed by atoms with E-state index in [9.17, 15) is 0 Å². The van der Waals surface area contributed by atoms with E-state index in [0.717, 1.165) is 0 Å². The van der Waals surface area contributed by atoms with E-state index >= 15 is 0 Å². The fraction of sp³-hybridized carbons (Fsp3) is 0.231. The van der Waals surface area contributed by atoms with Crippen molar-refractivity contribution in [2.75, 3.05) is 0 Å². The Bertz CT molecular complexity index is 480. The van der Waals surface area contributed by atoms with Gasteiger partial charge in [0.05, 0.1) is 0 Å². The lowest BCUT2D eigenvalue weighted by atomic mass is 10.2. The van der Waals surface area contributed by atoms with Crippen molar-refractivity contribution < 1.29 is 0 Å². The van der Waals surface area contributed by atoms with Gasteiger partial charge in [-0.15, -0.1) is 0 Å². The average molecular weight is 264 g/mol. The molecule has 1 nitrogen and oxygen atoms in total. The second-order valence-corrected chi connectivity index (χ2v) is 4.74. The lowest BCUT2D eigenvalue weighted by molar-refractivity contribution is 0.962. The molecular formula is C13H14BrN. The molecule has 0 spiro atoms. The minimum Gasteiger partial charge on any atom is -0.317 e. The Labute approximate surface area is 98.9 Å². The second-order valence-electron chi connectivity index (χ2n) is 3.89. The molecule has 2 rings (SSSR count). The van der Waals surface area contributed by atoms with Crippen LogP contribution in [0.5, 0.6) is 0 Å². The molecule has 0 atom stereocenters. The molecule has 0 unspecified atom stereocenters. The molecule has 1 aromatic heterocycles. The zero-order chi connectivity index (χ0) is 11.0. The first-order chi connectivity index (χ1) is 7.09. The van der Waals surface area contributed by atoms with Gasteiger partial charge in [-0.25, -0.2) is 0 Å². The monoisotopic (exact) mass is 263 g/mol. The average Bonchev–Trinajstić information content (AvgIpc) is 2.44. The highest BCUT2D eigenvalue weighted by Gasteiger charge is 2.07. The number of aryl methyl sites for hydroxylation is 2. The molecular weight excluding hydrogens is 250 g/mol. The van der Waals surface area contributed by atoms with Crippen molar-refractivity contribution in [1.29, 1.82) is 0 Å². The number of nitrogens with zero attached hydrogens (tertiary/aromatic N) is 1. The van der Waals surface area contributed by atoms with E-state index in [1.54, 1.807) is 0 Å². The van der Waals surface area contributed by atoms with Gasteiger partial charge in [-0.05, 0) is 54.9 Å². The Hall–Kier alpha value is -1.02. The summed E-state index contributed by atoms with van der Waals surface area (Å²) in [7, 11) is 0. The smallest absolute Gasteiger partial charge is 0.0455 e. The standard InChI is InChI=1S/C13H14BrN/c1-9-4-6-12(7-5-9)15-10(2)8-13(14)11(15)3/h4-8H,1-3H3. The number of hydrogen-bond acceptors (Lipinski definition) is 0. The lowest BCUT2D eigenvalue weighted by Gasteiger charge is -2.09. The molecule has 1 aromatic carbocycles. The van der Waals surface area contributed by atoms with Crippen LogP contribution in [-0.4, -0.2) is 4.57 Å². The van der Waals surface area contributed by atoms with Crippen LogP contribution in [0.15, 0.2) is 34.8 Å². The molecule has 78 valence electrons. The van der Waals surface area contributed by atoms with Gasteiger partial charge in [0, 0.05) is 21.5 Å². The van der Waals surface area contributed by atoms with Gasteiger partial charge in [-0.3, -0.25) is 0 Å². The van der Waals surface area contributed by atoms with E-state index in [2.05, 4.69) is 71.6 Å². The number of halogens is 1. The molecule has 0 radical (unpaired) electrons. The Kier molecular flexibility index (Phi) is 2.70. The molecule has 0 N–H and O–H groups in total. The van der Waals surface area contributed by atoms with Crippen molar-refractivity contribution in [2.24, 2.45) is 0 Å². The fourth-order valence-corrected chi connectivity index (χ4v) is 2.32. The predicted octanol–water partition coefficient (Wildman–Crippen LogP) is 4.17. The quantitative estimate of drug-likeness (QED) is 0.728. The molecule has 15 heavy (non-hydrogen) atoms. The van der Waals surface area contributed by atoms with E-state index in [4.69, 9.17) is 0 Å². The van der Waals surface area contributed by atoms with Crippen LogP contribution in [0, 0.1) is 20.8 Å². The first kappa shape index (κ1) is 10.5. The van der Waals surface area contributed by atoms with Gasteiger partial charge in [0.25, 0.3) is 0 Å². The third-order valence-corrected chi connectivity index (χ3v) is 3.46. The van der Waals surface area contributed by atoms with E-state index in [1.807, 2.05) is 0 Å². The Morgan fingerprint density at radius 1 is 1.00 bits per heavy atom. The van der Waals surface area contributed by atoms with Crippen LogP contribution in [0.1, 0.15) is 17.0 Å². The topological polar surface area (TPSA) is 4.93 Å². The summed E-state index contributed by atoms with van der Waals surface area (Å²) in [6.45, 7) is 6.35. The highest BCUT2D eigenvalue weighted by Crippen LogP contribution is 2.24. The summed E-state index contributed by atoms with van der Waals surface area (Å²) < 4.78 is 3.42. The molecule has 0 fully saturated rings. The summed E-state index contributed by atoms with van der Waals surface area (Å²) in [5.74, 6) is 0. The number of aromatic nitrogens is 1. The fourth-order valence-electron chi connectivity index (χ4n) is 1.81. The summed E-state index contributed by atoms with van der Waals surface area (Å²) >= 11 is 3.56. The third kappa shape index (κ3) is 1.86. The molecule has 0 bridgehead atoms. The zero-order valence-electron chi connectivity index (χ0n) is 9.21. The largest absolute Gasteiger partial charge is 0.317 e. The molecule has 0 aliphatic carbocycles. The summed E-state index contributed by atoms with van der Waals surface area (Å²) in [6, 6.07) is 10.7. The van der Waals surface area contributed by atoms with Crippen molar-refractivity contribution >= 4 is 15.9 Å². The number of hydrogen-bond donors (Lipinski definition) is 0. The van der Waals surface area contributed by atoms with Gasteiger partial charge in [0.2, 0.25) is 0 Å².